The number of hydrogen-bond acceptors (Lipinski definition) is 6. The van der Waals surface area contributed by atoms with Gasteiger partial charge in [-0.3, -0.25) is 8.37 Å². The maximum atomic E-state index is 12.5. The summed E-state index contributed by atoms with van der Waals surface area (Å²) in [5.74, 6) is -0.124. The SMILES string of the molecule is Cc1ccc(S(=O)(=O)OCC(COS(=O)(=O)c2ccc(C)cc2)C2CCC2)cc1. The number of rotatable bonds is 9. The molecule has 158 valence electrons. The van der Waals surface area contributed by atoms with Crippen LogP contribution in [0.15, 0.2) is 58.3 Å². The first kappa shape index (κ1) is 22.0. The monoisotopic (exact) mass is 438 g/mol. The van der Waals surface area contributed by atoms with Gasteiger partial charge < -0.3 is 0 Å². The predicted molar refractivity (Wildman–Crippen MR) is 109 cm³/mol. The fourth-order valence-corrected chi connectivity index (χ4v) is 5.05. The maximum Gasteiger partial charge on any atom is 0.296 e. The van der Waals surface area contributed by atoms with Crippen molar-refractivity contribution in [3.05, 3.63) is 59.7 Å². The zero-order valence-electron chi connectivity index (χ0n) is 16.6. The molecule has 0 heterocycles. The van der Waals surface area contributed by atoms with Crippen LogP contribution in [-0.4, -0.2) is 30.0 Å². The van der Waals surface area contributed by atoms with E-state index in [0.29, 0.717) is 0 Å². The van der Waals surface area contributed by atoms with Crippen molar-refractivity contribution in [2.45, 2.75) is 42.9 Å². The Balaban J connectivity index is 1.65. The summed E-state index contributed by atoms with van der Waals surface area (Å²) in [4.78, 5) is 0.173. The Bertz CT molecular complexity index is 942. The normalized spacial score (nSPS) is 15.4. The first-order chi connectivity index (χ1) is 13.7. The summed E-state index contributed by atoms with van der Waals surface area (Å²) >= 11 is 0. The lowest BCUT2D eigenvalue weighted by atomic mass is 9.76. The minimum Gasteiger partial charge on any atom is -0.266 e. The molecule has 0 amide bonds. The van der Waals surface area contributed by atoms with Gasteiger partial charge in [0.1, 0.15) is 0 Å². The Hall–Kier alpha value is -1.74. The Morgan fingerprint density at radius 2 is 1.14 bits per heavy atom. The van der Waals surface area contributed by atoms with Crippen molar-refractivity contribution < 1.29 is 25.2 Å². The molecule has 0 aromatic heterocycles. The van der Waals surface area contributed by atoms with Crippen molar-refractivity contribution in [1.82, 2.24) is 0 Å². The highest BCUT2D eigenvalue weighted by atomic mass is 32.2. The third-order valence-corrected chi connectivity index (χ3v) is 7.90. The lowest BCUT2D eigenvalue weighted by Gasteiger charge is -2.33. The largest absolute Gasteiger partial charge is 0.296 e. The van der Waals surface area contributed by atoms with E-state index in [9.17, 15) is 16.8 Å². The summed E-state index contributed by atoms with van der Waals surface area (Å²) in [5, 5.41) is 0. The number of hydrogen-bond donors (Lipinski definition) is 0. The highest BCUT2D eigenvalue weighted by Gasteiger charge is 2.31. The van der Waals surface area contributed by atoms with Crippen LogP contribution in [0.25, 0.3) is 0 Å². The van der Waals surface area contributed by atoms with Crippen LogP contribution in [0.4, 0.5) is 0 Å². The second-order valence-corrected chi connectivity index (χ2v) is 10.8. The van der Waals surface area contributed by atoms with Gasteiger partial charge >= 0.3 is 0 Å². The van der Waals surface area contributed by atoms with Gasteiger partial charge in [-0.25, -0.2) is 0 Å². The quantitative estimate of drug-likeness (QED) is 0.553. The summed E-state index contributed by atoms with van der Waals surface area (Å²) in [7, 11) is -7.81. The third kappa shape index (κ3) is 5.66. The van der Waals surface area contributed by atoms with E-state index in [4.69, 9.17) is 8.37 Å². The lowest BCUT2D eigenvalue weighted by Crippen LogP contribution is -2.31. The molecule has 0 saturated heterocycles. The molecule has 0 radical (unpaired) electrons. The molecule has 0 atom stereocenters. The molecule has 6 nitrogen and oxygen atoms in total. The molecule has 1 aliphatic rings. The van der Waals surface area contributed by atoms with Crippen molar-refractivity contribution in [1.29, 1.82) is 0 Å². The van der Waals surface area contributed by atoms with Crippen molar-refractivity contribution in [2.75, 3.05) is 13.2 Å². The van der Waals surface area contributed by atoms with Crippen molar-refractivity contribution in [3.63, 3.8) is 0 Å². The molecule has 1 fully saturated rings. The summed E-state index contributed by atoms with van der Waals surface area (Å²) in [5.41, 5.74) is 1.90. The van der Waals surface area contributed by atoms with E-state index in [1.165, 1.54) is 24.3 Å². The molecule has 2 aromatic carbocycles. The Labute approximate surface area is 173 Å². The van der Waals surface area contributed by atoms with Gasteiger partial charge in [0, 0.05) is 5.92 Å². The number of benzene rings is 2. The minimum absolute atomic E-state index is 0.0867. The molecule has 1 aliphatic carbocycles. The van der Waals surface area contributed by atoms with E-state index < -0.39 is 20.2 Å². The topological polar surface area (TPSA) is 86.7 Å². The second kappa shape index (κ2) is 8.95. The number of aryl methyl sites for hydroxylation is 2. The van der Waals surface area contributed by atoms with Crippen LogP contribution in [0, 0.1) is 25.7 Å². The molecule has 0 unspecified atom stereocenters. The molecule has 8 heteroatoms. The Morgan fingerprint density at radius 3 is 1.45 bits per heavy atom. The standard InChI is InChI=1S/C21H26O6S2/c1-16-6-10-20(11-7-16)28(22,23)26-14-19(18-4-3-5-18)15-27-29(24,25)21-12-8-17(2)9-13-21/h6-13,18-19H,3-5,14-15H2,1-2H3. The third-order valence-electron chi connectivity index (χ3n) is 5.31. The lowest BCUT2D eigenvalue weighted by molar-refractivity contribution is 0.0942. The molecule has 29 heavy (non-hydrogen) atoms. The average Bonchev–Trinajstić information content (AvgIpc) is 2.63. The molecular formula is C21H26O6S2. The minimum atomic E-state index is -3.91. The van der Waals surface area contributed by atoms with E-state index in [-0.39, 0.29) is 34.8 Å². The first-order valence-electron chi connectivity index (χ1n) is 9.59. The van der Waals surface area contributed by atoms with E-state index >= 15 is 0 Å². The zero-order valence-corrected chi connectivity index (χ0v) is 18.2. The van der Waals surface area contributed by atoms with Crippen LogP contribution in [0.3, 0.4) is 0 Å². The van der Waals surface area contributed by atoms with Crippen LogP contribution >= 0.6 is 0 Å². The smallest absolute Gasteiger partial charge is 0.266 e. The first-order valence-corrected chi connectivity index (χ1v) is 12.4. The molecule has 1 saturated carbocycles. The molecule has 2 aromatic rings. The summed E-state index contributed by atoms with van der Waals surface area (Å²) in [6, 6.07) is 12.8. The van der Waals surface area contributed by atoms with Gasteiger partial charge in [0.25, 0.3) is 20.2 Å². The summed E-state index contributed by atoms with van der Waals surface area (Å²) < 4.78 is 60.3. The highest BCUT2D eigenvalue weighted by molar-refractivity contribution is 7.87. The Morgan fingerprint density at radius 1 is 0.759 bits per heavy atom. The summed E-state index contributed by atoms with van der Waals surface area (Å²) in [6.07, 6.45) is 2.86. The van der Waals surface area contributed by atoms with E-state index in [1.807, 2.05) is 13.8 Å². The van der Waals surface area contributed by atoms with Gasteiger partial charge in [-0.2, -0.15) is 16.8 Å². The molecule has 0 N–H and O–H groups in total. The van der Waals surface area contributed by atoms with Gasteiger partial charge in [0.15, 0.2) is 0 Å². The van der Waals surface area contributed by atoms with Crippen LogP contribution in [0.1, 0.15) is 30.4 Å². The fourth-order valence-electron chi connectivity index (χ4n) is 3.13. The maximum absolute atomic E-state index is 12.5. The van der Waals surface area contributed by atoms with Crippen LogP contribution < -0.4 is 0 Å². The molecule has 0 spiro atoms. The van der Waals surface area contributed by atoms with Crippen LogP contribution in [0.5, 0.6) is 0 Å². The van der Waals surface area contributed by atoms with Crippen molar-refractivity contribution in [2.24, 2.45) is 11.8 Å². The van der Waals surface area contributed by atoms with Gasteiger partial charge in [0.05, 0.1) is 23.0 Å². The van der Waals surface area contributed by atoms with Gasteiger partial charge in [0.2, 0.25) is 0 Å². The predicted octanol–water partition coefficient (Wildman–Crippen LogP) is 3.83. The fraction of sp³-hybridized carbons (Fsp3) is 0.429. The average molecular weight is 439 g/mol. The van der Waals surface area contributed by atoms with E-state index in [2.05, 4.69) is 0 Å². The van der Waals surface area contributed by atoms with Crippen LogP contribution in [0.2, 0.25) is 0 Å². The van der Waals surface area contributed by atoms with Gasteiger partial charge in [-0.05, 0) is 44.0 Å². The molecular weight excluding hydrogens is 412 g/mol. The van der Waals surface area contributed by atoms with Crippen molar-refractivity contribution >= 4 is 20.2 Å². The molecule has 3 rings (SSSR count). The van der Waals surface area contributed by atoms with Crippen molar-refractivity contribution in [3.8, 4) is 0 Å². The summed E-state index contributed by atoms with van der Waals surface area (Å²) in [6.45, 7) is 3.53. The molecule has 0 aliphatic heterocycles. The van der Waals surface area contributed by atoms with E-state index in [1.54, 1.807) is 24.3 Å². The van der Waals surface area contributed by atoms with E-state index in [0.717, 1.165) is 30.4 Å². The Kier molecular flexibility index (Phi) is 6.78. The molecule has 0 bridgehead atoms. The second-order valence-electron chi connectivity index (χ2n) is 7.55. The highest BCUT2D eigenvalue weighted by Crippen LogP contribution is 2.35. The zero-order chi connectivity index (χ0) is 21.1. The van der Waals surface area contributed by atoms with Gasteiger partial charge in [-0.1, -0.05) is 54.7 Å². The van der Waals surface area contributed by atoms with Crippen LogP contribution in [-0.2, 0) is 28.6 Å². The van der Waals surface area contributed by atoms with Gasteiger partial charge in [-0.15, -0.1) is 0 Å².